The Labute approximate surface area is 164 Å². The number of carbonyl (C=O) groups is 3. The summed E-state index contributed by atoms with van der Waals surface area (Å²) >= 11 is 1.54. The Bertz CT molecular complexity index is 987. The molecular formula is C19H16N4O4S. The minimum absolute atomic E-state index is 0.0674. The second-order valence-corrected chi connectivity index (χ2v) is 6.57. The van der Waals surface area contributed by atoms with E-state index in [1.807, 2.05) is 16.8 Å². The van der Waals surface area contributed by atoms with Gasteiger partial charge in [0.2, 0.25) is 0 Å². The first kappa shape index (κ1) is 19.2. The number of rotatable bonds is 7. The van der Waals surface area contributed by atoms with Crippen LogP contribution in [0.4, 0.5) is 0 Å². The fourth-order valence-corrected chi connectivity index (χ4v) is 2.98. The third kappa shape index (κ3) is 4.98. The molecule has 2 amide bonds. The lowest BCUT2D eigenvalue weighted by Gasteiger charge is -2.07. The second-order valence-electron chi connectivity index (χ2n) is 5.79. The van der Waals surface area contributed by atoms with Gasteiger partial charge in [0.15, 0.2) is 0 Å². The van der Waals surface area contributed by atoms with Crippen molar-refractivity contribution in [1.82, 2.24) is 20.6 Å². The number of carboxylic acids is 1. The number of thiophene rings is 1. The summed E-state index contributed by atoms with van der Waals surface area (Å²) in [5.74, 6) is -1.87. The van der Waals surface area contributed by atoms with Crippen molar-refractivity contribution in [3.05, 3.63) is 81.6 Å². The lowest BCUT2D eigenvalue weighted by molar-refractivity contribution is 0.0696. The molecule has 9 heteroatoms. The van der Waals surface area contributed by atoms with E-state index in [-0.39, 0.29) is 23.5 Å². The van der Waals surface area contributed by atoms with Gasteiger partial charge in [-0.25, -0.2) is 14.8 Å². The molecule has 0 aliphatic carbocycles. The molecule has 3 aromatic rings. The molecule has 1 aromatic carbocycles. The van der Waals surface area contributed by atoms with Gasteiger partial charge in [0.25, 0.3) is 11.8 Å². The van der Waals surface area contributed by atoms with Crippen LogP contribution < -0.4 is 10.6 Å². The van der Waals surface area contributed by atoms with E-state index in [9.17, 15) is 14.4 Å². The molecule has 0 unspecified atom stereocenters. The molecule has 3 rings (SSSR count). The molecule has 8 nitrogen and oxygen atoms in total. The Morgan fingerprint density at radius 2 is 1.50 bits per heavy atom. The number of benzene rings is 1. The summed E-state index contributed by atoms with van der Waals surface area (Å²) < 4.78 is 0. The molecule has 0 radical (unpaired) electrons. The second kappa shape index (κ2) is 8.87. The molecule has 0 atom stereocenters. The SMILES string of the molecule is O=C(O)c1ccc(CNC(=O)c2cc(C(=O)NCc3ccsc3)ncn2)cc1. The Kier molecular flexibility index (Phi) is 6.07. The number of hydrogen-bond donors (Lipinski definition) is 3. The molecule has 2 heterocycles. The van der Waals surface area contributed by atoms with Gasteiger partial charge in [0, 0.05) is 19.2 Å². The van der Waals surface area contributed by atoms with E-state index in [4.69, 9.17) is 5.11 Å². The maximum absolute atomic E-state index is 12.3. The maximum atomic E-state index is 12.3. The molecule has 0 aliphatic rings. The lowest BCUT2D eigenvalue weighted by atomic mass is 10.1. The standard InChI is InChI=1S/C19H16N4O4S/c24-17(20-8-12-1-3-14(4-2-12)19(26)27)15-7-16(23-11-22-15)18(25)21-9-13-5-6-28-10-13/h1-7,10-11H,8-9H2,(H,20,24)(H,21,25)(H,26,27). The summed E-state index contributed by atoms with van der Waals surface area (Å²) in [7, 11) is 0. The summed E-state index contributed by atoms with van der Waals surface area (Å²) in [5, 5.41) is 18.2. The fraction of sp³-hybridized carbons (Fsp3) is 0.105. The van der Waals surface area contributed by atoms with Crippen molar-refractivity contribution < 1.29 is 19.5 Å². The highest BCUT2D eigenvalue weighted by Gasteiger charge is 2.13. The van der Waals surface area contributed by atoms with E-state index >= 15 is 0 Å². The first-order valence-corrected chi connectivity index (χ1v) is 9.19. The van der Waals surface area contributed by atoms with Crippen LogP contribution >= 0.6 is 11.3 Å². The topological polar surface area (TPSA) is 121 Å². The van der Waals surface area contributed by atoms with Gasteiger partial charge in [-0.2, -0.15) is 11.3 Å². The number of hydrogen-bond acceptors (Lipinski definition) is 6. The lowest BCUT2D eigenvalue weighted by Crippen LogP contribution is -2.27. The molecule has 0 saturated carbocycles. The van der Waals surface area contributed by atoms with Crippen molar-refractivity contribution in [3.8, 4) is 0 Å². The normalized spacial score (nSPS) is 10.3. The number of aromatic nitrogens is 2. The van der Waals surface area contributed by atoms with Crippen LogP contribution in [0.2, 0.25) is 0 Å². The molecule has 0 bridgehead atoms. The van der Waals surface area contributed by atoms with Gasteiger partial charge in [0.05, 0.1) is 5.56 Å². The molecular weight excluding hydrogens is 380 g/mol. The predicted octanol–water partition coefficient (Wildman–Crippen LogP) is 2.10. The van der Waals surface area contributed by atoms with Gasteiger partial charge in [-0.15, -0.1) is 0 Å². The van der Waals surface area contributed by atoms with Gasteiger partial charge >= 0.3 is 5.97 Å². The number of nitrogens with zero attached hydrogens (tertiary/aromatic N) is 2. The Hall–Kier alpha value is -3.59. The number of carboxylic acid groups (broad SMARTS) is 1. The largest absolute Gasteiger partial charge is 0.478 e. The predicted molar refractivity (Wildman–Crippen MR) is 102 cm³/mol. The zero-order chi connectivity index (χ0) is 19.9. The summed E-state index contributed by atoms with van der Waals surface area (Å²) in [5.41, 5.74) is 2.06. The number of amides is 2. The van der Waals surface area contributed by atoms with E-state index in [2.05, 4.69) is 20.6 Å². The van der Waals surface area contributed by atoms with Gasteiger partial charge in [-0.05, 0) is 40.1 Å². The number of aromatic carboxylic acids is 1. The minimum Gasteiger partial charge on any atom is -0.478 e. The summed E-state index contributed by atoms with van der Waals surface area (Å²) in [6.45, 7) is 0.572. The first-order valence-electron chi connectivity index (χ1n) is 8.24. The van der Waals surface area contributed by atoms with Crippen molar-refractivity contribution in [3.63, 3.8) is 0 Å². The van der Waals surface area contributed by atoms with Crippen LogP contribution in [0.15, 0.2) is 53.5 Å². The number of carbonyl (C=O) groups excluding carboxylic acids is 2. The van der Waals surface area contributed by atoms with Crippen LogP contribution in [0.5, 0.6) is 0 Å². The van der Waals surface area contributed by atoms with Crippen LogP contribution in [0, 0.1) is 0 Å². The molecule has 0 saturated heterocycles. The van der Waals surface area contributed by atoms with E-state index in [1.54, 1.807) is 23.5 Å². The maximum Gasteiger partial charge on any atom is 0.335 e. The van der Waals surface area contributed by atoms with Crippen molar-refractivity contribution in [2.75, 3.05) is 0 Å². The fourth-order valence-electron chi connectivity index (χ4n) is 2.31. The van der Waals surface area contributed by atoms with E-state index in [0.717, 1.165) is 17.5 Å². The van der Waals surface area contributed by atoms with Gasteiger partial charge in [-0.3, -0.25) is 9.59 Å². The molecule has 3 N–H and O–H groups in total. The van der Waals surface area contributed by atoms with Crippen molar-refractivity contribution >= 4 is 29.1 Å². The van der Waals surface area contributed by atoms with Gasteiger partial charge < -0.3 is 15.7 Å². The number of nitrogens with one attached hydrogen (secondary N) is 2. The van der Waals surface area contributed by atoms with Crippen LogP contribution in [-0.4, -0.2) is 32.9 Å². The Morgan fingerprint density at radius 3 is 2.04 bits per heavy atom. The molecule has 142 valence electrons. The summed E-state index contributed by atoms with van der Waals surface area (Å²) in [6.07, 6.45) is 1.16. The monoisotopic (exact) mass is 396 g/mol. The van der Waals surface area contributed by atoms with Gasteiger partial charge in [-0.1, -0.05) is 12.1 Å². The molecule has 28 heavy (non-hydrogen) atoms. The van der Waals surface area contributed by atoms with Crippen LogP contribution in [-0.2, 0) is 13.1 Å². The molecule has 0 aliphatic heterocycles. The van der Waals surface area contributed by atoms with Gasteiger partial charge in [0.1, 0.15) is 17.7 Å². The zero-order valence-corrected chi connectivity index (χ0v) is 15.4. The summed E-state index contributed by atoms with van der Waals surface area (Å²) in [6, 6.07) is 9.40. The van der Waals surface area contributed by atoms with Crippen LogP contribution in [0.1, 0.15) is 42.5 Å². The smallest absolute Gasteiger partial charge is 0.335 e. The summed E-state index contributed by atoms with van der Waals surface area (Å²) in [4.78, 5) is 43.1. The van der Waals surface area contributed by atoms with E-state index < -0.39 is 17.8 Å². The molecule has 0 fully saturated rings. The third-order valence-electron chi connectivity index (χ3n) is 3.82. The van der Waals surface area contributed by atoms with E-state index in [1.165, 1.54) is 18.2 Å². The molecule has 0 spiro atoms. The van der Waals surface area contributed by atoms with Crippen molar-refractivity contribution in [2.24, 2.45) is 0 Å². The Balaban J connectivity index is 1.58. The average molecular weight is 396 g/mol. The highest BCUT2D eigenvalue weighted by atomic mass is 32.1. The van der Waals surface area contributed by atoms with Crippen LogP contribution in [0.3, 0.4) is 0 Å². The van der Waals surface area contributed by atoms with Crippen LogP contribution in [0.25, 0.3) is 0 Å². The highest BCUT2D eigenvalue weighted by Crippen LogP contribution is 2.07. The van der Waals surface area contributed by atoms with Crippen molar-refractivity contribution in [2.45, 2.75) is 13.1 Å². The average Bonchev–Trinajstić information content (AvgIpc) is 3.24. The minimum atomic E-state index is -1.01. The third-order valence-corrected chi connectivity index (χ3v) is 4.55. The van der Waals surface area contributed by atoms with E-state index in [0.29, 0.717) is 6.54 Å². The molecule has 2 aromatic heterocycles. The van der Waals surface area contributed by atoms with Crippen molar-refractivity contribution in [1.29, 1.82) is 0 Å². The zero-order valence-electron chi connectivity index (χ0n) is 14.6. The first-order chi connectivity index (χ1) is 13.5. The Morgan fingerprint density at radius 1 is 0.893 bits per heavy atom. The highest BCUT2D eigenvalue weighted by molar-refractivity contribution is 7.07. The quantitative estimate of drug-likeness (QED) is 0.562.